The van der Waals surface area contributed by atoms with Crippen LogP contribution >= 0.6 is 0 Å². The van der Waals surface area contributed by atoms with Gasteiger partial charge in [0, 0.05) is 17.5 Å². The van der Waals surface area contributed by atoms with Crippen LogP contribution in [0, 0.1) is 5.41 Å². The van der Waals surface area contributed by atoms with Gasteiger partial charge in [0.1, 0.15) is 17.6 Å². The summed E-state index contributed by atoms with van der Waals surface area (Å²) in [4.78, 5) is 0. The first kappa shape index (κ1) is 15.0. The normalized spacial score (nSPS) is 19.8. The second-order valence-corrected chi connectivity index (χ2v) is 6.93. The number of hydrogen-bond donors (Lipinski definition) is 0. The minimum Gasteiger partial charge on any atom is -0.493 e. The van der Waals surface area contributed by atoms with Crippen molar-refractivity contribution in [1.82, 2.24) is 0 Å². The fourth-order valence-corrected chi connectivity index (χ4v) is 2.29. The lowest BCUT2D eigenvalue weighted by Gasteiger charge is -2.16. The van der Waals surface area contributed by atoms with E-state index in [-0.39, 0.29) is 6.10 Å². The Bertz CT molecular complexity index is 483. The quantitative estimate of drug-likeness (QED) is 0.724. The fourth-order valence-electron chi connectivity index (χ4n) is 2.29. The topological polar surface area (TPSA) is 18.5 Å². The molecule has 0 saturated heterocycles. The van der Waals surface area contributed by atoms with Gasteiger partial charge in [-0.3, -0.25) is 0 Å². The summed E-state index contributed by atoms with van der Waals surface area (Å²) in [6.07, 6.45) is 5.47. The van der Waals surface area contributed by atoms with E-state index in [2.05, 4.69) is 52.8 Å². The van der Waals surface area contributed by atoms with Crippen molar-refractivity contribution in [2.75, 3.05) is 6.61 Å². The summed E-state index contributed by atoms with van der Waals surface area (Å²) >= 11 is 0. The Morgan fingerprint density at radius 3 is 2.85 bits per heavy atom. The minimum atomic E-state index is 0.0780. The number of fused-ring (bicyclic) bond motifs is 1. The molecule has 0 bridgehead atoms. The largest absolute Gasteiger partial charge is 0.493 e. The third kappa shape index (κ3) is 4.03. The van der Waals surface area contributed by atoms with Gasteiger partial charge in [-0.05, 0) is 30.9 Å². The van der Waals surface area contributed by atoms with Crippen LogP contribution < -0.4 is 9.47 Å². The molecule has 0 spiro atoms. The lowest BCUT2D eigenvalue weighted by atomic mass is 9.92. The molecule has 0 aliphatic carbocycles. The van der Waals surface area contributed by atoms with Gasteiger partial charge in [-0.25, -0.2) is 0 Å². The number of ether oxygens (including phenoxy) is 2. The average Bonchev–Trinajstić information content (AvgIpc) is 2.69. The van der Waals surface area contributed by atoms with Crippen LogP contribution in [-0.4, -0.2) is 12.7 Å². The molecular formula is C18H26O2. The van der Waals surface area contributed by atoms with Gasteiger partial charge in [-0.1, -0.05) is 39.8 Å². The highest BCUT2D eigenvalue weighted by Crippen LogP contribution is 2.36. The molecule has 0 saturated carbocycles. The third-order valence-corrected chi connectivity index (χ3v) is 3.46. The van der Waals surface area contributed by atoms with Crippen LogP contribution in [0.2, 0.25) is 0 Å². The van der Waals surface area contributed by atoms with Gasteiger partial charge in [0.05, 0.1) is 6.61 Å². The first-order valence-corrected chi connectivity index (χ1v) is 7.45. The molecule has 0 N–H and O–H groups in total. The summed E-state index contributed by atoms with van der Waals surface area (Å²) in [6.45, 7) is 11.7. The molecule has 2 nitrogen and oxygen atoms in total. The van der Waals surface area contributed by atoms with E-state index in [9.17, 15) is 0 Å². The molecule has 2 unspecified atom stereocenters. The Morgan fingerprint density at radius 1 is 1.40 bits per heavy atom. The van der Waals surface area contributed by atoms with E-state index in [0.717, 1.165) is 24.5 Å². The van der Waals surface area contributed by atoms with Crippen LogP contribution in [0.1, 0.15) is 52.5 Å². The van der Waals surface area contributed by atoms with Crippen LogP contribution in [-0.2, 0) is 0 Å². The highest BCUT2D eigenvalue weighted by atomic mass is 16.5. The zero-order chi connectivity index (χ0) is 14.8. The Kier molecular flexibility index (Phi) is 4.42. The van der Waals surface area contributed by atoms with Crippen LogP contribution in [0.5, 0.6) is 11.5 Å². The van der Waals surface area contributed by atoms with Crippen molar-refractivity contribution in [3.05, 3.63) is 35.9 Å². The van der Waals surface area contributed by atoms with Gasteiger partial charge in [-0.15, -0.1) is 0 Å². The first-order valence-electron chi connectivity index (χ1n) is 7.45. The van der Waals surface area contributed by atoms with Gasteiger partial charge in [-0.2, -0.15) is 0 Å². The maximum atomic E-state index is 5.92. The zero-order valence-corrected chi connectivity index (χ0v) is 13.3. The standard InChI is InChI=1S/C18H26O2/c1-13-12-19-17-11-15(8-9-16(13)17)20-14(2)7-6-10-18(3,4)5/h6-9,11,13-14H,10,12H2,1-5H3. The highest BCUT2D eigenvalue weighted by Gasteiger charge is 2.20. The first-order chi connectivity index (χ1) is 9.35. The van der Waals surface area contributed by atoms with Crippen molar-refractivity contribution in [2.45, 2.75) is 53.1 Å². The minimum absolute atomic E-state index is 0.0780. The van der Waals surface area contributed by atoms with E-state index in [0.29, 0.717) is 11.3 Å². The molecule has 2 rings (SSSR count). The van der Waals surface area contributed by atoms with Crippen molar-refractivity contribution < 1.29 is 9.47 Å². The summed E-state index contributed by atoms with van der Waals surface area (Å²) in [5.41, 5.74) is 1.61. The molecule has 0 radical (unpaired) electrons. The molecular weight excluding hydrogens is 248 g/mol. The van der Waals surface area contributed by atoms with Gasteiger partial charge in [0.2, 0.25) is 0 Å². The molecule has 110 valence electrons. The number of allylic oxidation sites excluding steroid dienone is 1. The Morgan fingerprint density at radius 2 is 2.15 bits per heavy atom. The number of rotatable bonds is 4. The van der Waals surface area contributed by atoms with Crippen molar-refractivity contribution in [1.29, 1.82) is 0 Å². The highest BCUT2D eigenvalue weighted by molar-refractivity contribution is 5.45. The number of benzene rings is 1. The molecule has 1 aliphatic heterocycles. The second kappa shape index (κ2) is 5.90. The van der Waals surface area contributed by atoms with Gasteiger partial charge in [0.25, 0.3) is 0 Å². The van der Waals surface area contributed by atoms with Crippen LogP contribution in [0.4, 0.5) is 0 Å². The summed E-state index contributed by atoms with van der Waals surface area (Å²) in [5.74, 6) is 2.34. The molecule has 0 aromatic heterocycles. The van der Waals surface area contributed by atoms with E-state index in [1.807, 2.05) is 12.1 Å². The van der Waals surface area contributed by atoms with Gasteiger partial charge < -0.3 is 9.47 Å². The predicted molar refractivity (Wildman–Crippen MR) is 83.7 cm³/mol. The van der Waals surface area contributed by atoms with Crippen molar-refractivity contribution in [3.8, 4) is 11.5 Å². The Balaban J connectivity index is 1.94. The molecule has 1 aliphatic rings. The fraction of sp³-hybridized carbons (Fsp3) is 0.556. The summed E-state index contributed by atoms with van der Waals surface area (Å²) in [7, 11) is 0. The molecule has 0 fully saturated rings. The maximum absolute atomic E-state index is 5.92. The average molecular weight is 274 g/mol. The Hall–Kier alpha value is -1.44. The molecule has 1 aromatic carbocycles. The summed E-state index contributed by atoms with van der Waals surface area (Å²) < 4.78 is 11.6. The van der Waals surface area contributed by atoms with Crippen LogP contribution in [0.3, 0.4) is 0 Å². The SMILES string of the molecule is CC(C=CCC(C)(C)C)Oc1ccc2c(c1)OCC2C. The van der Waals surface area contributed by atoms with Crippen LogP contribution in [0.15, 0.2) is 30.4 Å². The second-order valence-electron chi connectivity index (χ2n) is 6.93. The van der Waals surface area contributed by atoms with Gasteiger partial charge in [0.15, 0.2) is 0 Å². The summed E-state index contributed by atoms with van der Waals surface area (Å²) in [6, 6.07) is 6.17. The lowest BCUT2D eigenvalue weighted by molar-refractivity contribution is 0.266. The smallest absolute Gasteiger partial charge is 0.126 e. The van der Waals surface area contributed by atoms with E-state index >= 15 is 0 Å². The Labute approximate surface area is 122 Å². The maximum Gasteiger partial charge on any atom is 0.126 e. The third-order valence-electron chi connectivity index (χ3n) is 3.46. The molecule has 0 amide bonds. The van der Waals surface area contributed by atoms with Crippen molar-refractivity contribution in [3.63, 3.8) is 0 Å². The predicted octanol–water partition coefficient (Wildman–Crippen LogP) is 4.94. The molecule has 20 heavy (non-hydrogen) atoms. The lowest BCUT2D eigenvalue weighted by Crippen LogP contribution is -2.09. The van der Waals surface area contributed by atoms with E-state index in [1.165, 1.54) is 5.56 Å². The van der Waals surface area contributed by atoms with Crippen molar-refractivity contribution >= 4 is 0 Å². The van der Waals surface area contributed by atoms with Crippen molar-refractivity contribution in [2.24, 2.45) is 5.41 Å². The molecule has 2 heteroatoms. The molecule has 1 aromatic rings. The van der Waals surface area contributed by atoms with E-state index in [4.69, 9.17) is 9.47 Å². The molecule has 1 heterocycles. The zero-order valence-electron chi connectivity index (χ0n) is 13.3. The van der Waals surface area contributed by atoms with Gasteiger partial charge >= 0.3 is 0 Å². The van der Waals surface area contributed by atoms with Crippen LogP contribution in [0.25, 0.3) is 0 Å². The summed E-state index contributed by atoms with van der Waals surface area (Å²) in [5, 5.41) is 0. The number of hydrogen-bond acceptors (Lipinski definition) is 2. The van der Waals surface area contributed by atoms with E-state index in [1.54, 1.807) is 0 Å². The molecule has 2 atom stereocenters. The van der Waals surface area contributed by atoms with E-state index < -0.39 is 0 Å². The monoisotopic (exact) mass is 274 g/mol.